The second-order valence-corrected chi connectivity index (χ2v) is 7.14. The summed E-state index contributed by atoms with van der Waals surface area (Å²) in [4.78, 5) is 0. The van der Waals surface area contributed by atoms with Gasteiger partial charge >= 0.3 is 0 Å². The maximum atomic E-state index is 5.51. The summed E-state index contributed by atoms with van der Waals surface area (Å²) in [6, 6.07) is 12.3. The second kappa shape index (κ2) is 9.54. The van der Waals surface area contributed by atoms with Crippen LogP contribution in [0.4, 0.5) is 0 Å². The molecule has 0 aliphatic heterocycles. The van der Waals surface area contributed by atoms with Crippen molar-refractivity contribution < 1.29 is 18.9 Å². The van der Waals surface area contributed by atoms with Crippen LogP contribution in [0.15, 0.2) is 42.5 Å². The van der Waals surface area contributed by atoms with Gasteiger partial charge in [-0.3, -0.25) is 0 Å². The number of ether oxygens (including phenoxy) is 4. The van der Waals surface area contributed by atoms with E-state index >= 15 is 0 Å². The predicted octanol–water partition coefficient (Wildman–Crippen LogP) is 5.71. The van der Waals surface area contributed by atoms with Crippen LogP contribution in [0.5, 0.6) is 23.0 Å². The average molecular weight is 383 g/mol. The lowest BCUT2D eigenvalue weighted by Gasteiger charge is -2.30. The number of rotatable bonds is 7. The molecule has 28 heavy (non-hydrogen) atoms. The van der Waals surface area contributed by atoms with Gasteiger partial charge in [-0.1, -0.05) is 37.1 Å². The van der Waals surface area contributed by atoms with Crippen molar-refractivity contribution in [2.24, 2.45) is 5.92 Å². The highest BCUT2D eigenvalue weighted by atomic mass is 16.5. The summed E-state index contributed by atoms with van der Waals surface area (Å²) in [6.07, 6.45) is 9.47. The molecule has 0 radical (unpaired) electrons. The molecular formula is C24H30O4. The van der Waals surface area contributed by atoms with Gasteiger partial charge in [0.25, 0.3) is 0 Å². The molecule has 3 rings (SSSR count). The zero-order valence-electron chi connectivity index (χ0n) is 17.2. The second-order valence-electron chi connectivity index (χ2n) is 7.14. The van der Waals surface area contributed by atoms with E-state index in [4.69, 9.17) is 18.9 Å². The van der Waals surface area contributed by atoms with Crippen molar-refractivity contribution in [2.45, 2.75) is 31.6 Å². The molecule has 2 atom stereocenters. The van der Waals surface area contributed by atoms with Crippen LogP contribution >= 0.6 is 0 Å². The predicted molar refractivity (Wildman–Crippen MR) is 113 cm³/mol. The van der Waals surface area contributed by atoms with Gasteiger partial charge in [0.15, 0.2) is 23.0 Å². The van der Waals surface area contributed by atoms with Gasteiger partial charge in [-0.2, -0.15) is 0 Å². The highest BCUT2D eigenvalue weighted by molar-refractivity contribution is 5.56. The Morgan fingerprint density at radius 1 is 0.714 bits per heavy atom. The Kier molecular flexibility index (Phi) is 6.85. The summed E-state index contributed by atoms with van der Waals surface area (Å²) in [6.45, 7) is 0. The maximum absolute atomic E-state index is 5.51. The fourth-order valence-corrected chi connectivity index (χ4v) is 4.08. The fraction of sp³-hybridized carbons (Fsp3) is 0.417. The Bertz CT molecular complexity index is 812. The Morgan fingerprint density at radius 3 is 2.00 bits per heavy atom. The van der Waals surface area contributed by atoms with Crippen LogP contribution in [0.2, 0.25) is 0 Å². The van der Waals surface area contributed by atoms with E-state index in [0.717, 1.165) is 28.6 Å². The zero-order valence-corrected chi connectivity index (χ0v) is 17.2. The third-order valence-corrected chi connectivity index (χ3v) is 5.60. The Labute approximate surface area is 168 Å². The molecule has 0 aromatic heterocycles. The molecule has 1 saturated carbocycles. The summed E-state index contributed by atoms with van der Waals surface area (Å²) < 4.78 is 21.7. The zero-order chi connectivity index (χ0) is 19.9. The van der Waals surface area contributed by atoms with Crippen molar-refractivity contribution >= 4 is 6.08 Å². The minimum absolute atomic E-state index is 0.491. The van der Waals surface area contributed by atoms with Crippen molar-refractivity contribution in [2.75, 3.05) is 28.4 Å². The van der Waals surface area contributed by atoms with Gasteiger partial charge in [0, 0.05) is 0 Å². The van der Waals surface area contributed by atoms with Crippen LogP contribution < -0.4 is 18.9 Å². The molecule has 2 aromatic carbocycles. The molecule has 1 aliphatic carbocycles. The first kappa shape index (κ1) is 20.1. The monoisotopic (exact) mass is 382 g/mol. The lowest BCUT2D eigenvalue weighted by Crippen LogP contribution is -2.16. The molecule has 2 aromatic rings. The molecule has 4 nitrogen and oxygen atoms in total. The van der Waals surface area contributed by atoms with Crippen LogP contribution in [0.25, 0.3) is 6.08 Å². The minimum atomic E-state index is 0.491. The van der Waals surface area contributed by atoms with Gasteiger partial charge in [-0.05, 0) is 60.1 Å². The first-order valence-electron chi connectivity index (χ1n) is 9.82. The fourth-order valence-electron chi connectivity index (χ4n) is 4.08. The smallest absolute Gasteiger partial charge is 0.161 e. The summed E-state index contributed by atoms with van der Waals surface area (Å²) >= 11 is 0. The third kappa shape index (κ3) is 4.44. The summed E-state index contributed by atoms with van der Waals surface area (Å²) in [5, 5.41) is 0. The van der Waals surface area contributed by atoms with E-state index in [0.29, 0.717) is 11.8 Å². The number of allylic oxidation sites excluding steroid dienone is 1. The average Bonchev–Trinajstić information content (AvgIpc) is 2.77. The summed E-state index contributed by atoms with van der Waals surface area (Å²) in [5.74, 6) is 4.07. The first-order chi connectivity index (χ1) is 13.7. The van der Waals surface area contributed by atoms with E-state index in [9.17, 15) is 0 Å². The highest BCUT2D eigenvalue weighted by Gasteiger charge is 2.25. The molecule has 150 valence electrons. The molecule has 0 saturated heterocycles. The Hall–Kier alpha value is -2.62. The van der Waals surface area contributed by atoms with Crippen molar-refractivity contribution in [3.05, 3.63) is 53.6 Å². The molecule has 0 amide bonds. The van der Waals surface area contributed by atoms with Gasteiger partial charge in [-0.15, -0.1) is 0 Å². The van der Waals surface area contributed by atoms with Crippen LogP contribution in [0.3, 0.4) is 0 Å². The molecule has 1 fully saturated rings. The number of methoxy groups -OCH3 is 4. The van der Waals surface area contributed by atoms with Crippen LogP contribution in [-0.4, -0.2) is 28.4 Å². The van der Waals surface area contributed by atoms with Gasteiger partial charge in [0.1, 0.15) is 0 Å². The van der Waals surface area contributed by atoms with Crippen molar-refractivity contribution in [3.63, 3.8) is 0 Å². The Balaban J connectivity index is 1.83. The molecule has 0 N–H and O–H groups in total. The number of hydrogen-bond acceptors (Lipinski definition) is 4. The van der Waals surface area contributed by atoms with Gasteiger partial charge in [0.05, 0.1) is 28.4 Å². The van der Waals surface area contributed by atoms with Crippen LogP contribution in [-0.2, 0) is 0 Å². The van der Waals surface area contributed by atoms with Gasteiger partial charge in [0.2, 0.25) is 0 Å². The quantitative estimate of drug-likeness (QED) is 0.615. The topological polar surface area (TPSA) is 36.9 Å². The molecule has 0 bridgehead atoms. The van der Waals surface area contributed by atoms with E-state index < -0.39 is 0 Å². The van der Waals surface area contributed by atoms with Crippen molar-refractivity contribution in [1.82, 2.24) is 0 Å². The Morgan fingerprint density at radius 2 is 1.32 bits per heavy atom. The third-order valence-electron chi connectivity index (χ3n) is 5.60. The van der Waals surface area contributed by atoms with E-state index in [-0.39, 0.29) is 0 Å². The van der Waals surface area contributed by atoms with E-state index in [1.807, 2.05) is 18.2 Å². The molecule has 2 unspecified atom stereocenters. The van der Waals surface area contributed by atoms with Crippen molar-refractivity contribution in [3.8, 4) is 23.0 Å². The molecule has 4 heteroatoms. The lowest BCUT2D eigenvalue weighted by molar-refractivity contribution is 0.346. The van der Waals surface area contributed by atoms with Gasteiger partial charge < -0.3 is 18.9 Å². The van der Waals surface area contributed by atoms with Crippen LogP contribution in [0, 0.1) is 5.92 Å². The van der Waals surface area contributed by atoms with Crippen molar-refractivity contribution in [1.29, 1.82) is 0 Å². The van der Waals surface area contributed by atoms with E-state index in [1.54, 1.807) is 28.4 Å². The standard InChI is InChI=1S/C24H30O4/c1-25-21-13-10-17(15-23(21)27-3)9-11-18-7-5-6-8-20(18)19-12-14-22(26-2)24(16-19)28-4/h9-16,18,20H,5-8H2,1-4H3/b11-9+. The number of hydrogen-bond donors (Lipinski definition) is 0. The highest BCUT2D eigenvalue weighted by Crippen LogP contribution is 2.41. The normalized spacial score (nSPS) is 19.4. The molecule has 0 heterocycles. The first-order valence-corrected chi connectivity index (χ1v) is 9.82. The largest absolute Gasteiger partial charge is 0.493 e. The van der Waals surface area contributed by atoms with E-state index in [2.05, 4.69) is 30.4 Å². The minimum Gasteiger partial charge on any atom is -0.493 e. The maximum Gasteiger partial charge on any atom is 0.161 e. The lowest BCUT2D eigenvalue weighted by atomic mass is 9.75. The summed E-state index contributed by atoms with van der Waals surface area (Å²) in [7, 11) is 6.69. The molecule has 0 spiro atoms. The SMILES string of the molecule is COc1ccc(/C=C/C2CCCCC2c2ccc(OC)c(OC)c2)cc1OC. The summed E-state index contributed by atoms with van der Waals surface area (Å²) in [5.41, 5.74) is 2.44. The van der Waals surface area contributed by atoms with E-state index in [1.165, 1.54) is 31.2 Å². The van der Waals surface area contributed by atoms with Gasteiger partial charge in [-0.25, -0.2) is 0 Å². The molecule has 1 aliphatic rings. The van der Waals surface area contributed by atoms with Crippen LogP contribution in [0.1, 0.15) is 42.7 Å². The number of benzene rings is 2. The molecular weight excluding hydrogens is 352 g/mol.